The van der Waals surface area contributed by atoms with E-state index in [1.54, 1.807) is 6.08 Å². The number of aliphatic hydroxyl groups excluding tert-OH is 1. The molecule has 0 bridgehead atoms. The van der Waals surface area contributed by atoms with E-state index >= 15 is 0 Å². The van der Waals surface area contributed by atoms with Crippen LogP contribution in [0, 0.1) is 0 Å². The quantitative estimate of drug-likeness (QED) is 0.0243. The van der Waals surface area contributed by atoms with Crippen molar-refractivity contribution in [2.45, 2.75) is 315 Å². The largest absolute Gasteiger partial charge is 0.472 e. The maximum absolute atomic E-state index is 13.0. The Bertz CT molecular complexity index is 1400. The molecule has 8 nitrogen and oxygen atoms in total. The smallest absolute Gasteiger partial charge is 0.387 e. The molecule has 0 radical (unpaired) electrons. The molecule has 0 aliphatic carbocycles. The van der Waals surface area contributed by atoms with E-state index < -0.39 is 20.0 Å². The van der Waals surface area contributed by atoms with Crippen molar-refractivity contribution in [3.05, 3.63) is 60.8 Å². The van der Waals surface area contributed by atoms with Gasteiger partial charge in [-0.3, -0.25) is 13.8 Å². The molecule has 0 heterocycles. The fourth-order valence-corrected chi connectivity index (χ4v) is 10.2. The van der Waals surface area contributed by atoms with Crippen molar-refractivity contribution in [2.75, 3.05) is 40.9 Å². The predicted octanol–water partition coefficient (Wildman–Crippen LogP) is 20.0. The highest BCUT2D eigenvalue weighted by atomic mass is 31.2. The van der Waals surface area contributed by atoms with Crippen molar-refractivity contribution in [1.29, 1.82) is 0 Å². The molecule has 1 amide bonds. The van der Waals surface area contributed by atoms with Gasteiger partial charge in [0.25, 0.3) is 0 Å². The molecule has 0 spiro atoms. The zero-order chi connectivity index (χ0) is 54.9. The van der Waals surface area contributed by atoms with Gasteiger partial charge in [0.05, 0.1) is 39.9 Å². The van der Waals surface area contributed by atoms with Crippen LogP contribution < -0.4 is 5.32 Å². The standard InChI is InChI=1S/C66H125N2O6P/c1-6-8-10-12-14-16-18-20-22-24-26-28-30-31-32-33-34-35-36-37-38-40-42-44-46-48-50-52-54-56-58-60-66(70)67-64(63-74-75(71,72)73-62-61-68(3,4)5)65(69)59-57-55-53-51-49-47-45-43-41-39-29-27-25-23-21-19-17-15-13-11-9-7-2/h8,10,14,16,20,22,26,28,57,59,64-65,69H,6-7,9,11-13,15,17-19,21,23-25,27,29-56,58,60-63H2,1-5H3,(H-,67,70,71,72)/p+1/b10-8-,16-14-,22-20-,28-26-,59-57+. The summed E-state index contributed by atoms with van der Waals surface area (Å²) >= 11 is 0. The minimum absolute atomic E-state index is 0.0618. The molecule has 0 saturated heterocycles. The van der Waals surface area contributed by atoms with Crippen LogP contribution in [0.1, 0.15) is 303 Å². The Balaban J connectivity index is 4.09. The first-order valence-corrected chi connectivity index (χ1v) is 33.7. The number of nitrogens with zero attached hydrogens (tertiary/aromatic N) is 1. The van der Waals surface area contributed by atoms with Crippen LogP contribution in [-0.2, 0) is 18.4 Å². The van der Waals surface area contributed by atoms with Crippen LogP contribution in [0.5, 0.6) is 0 Å². The summed E-state index contributed by atoms with van der Waals surface area (Å²) in [6, 6.07) is -0.848. The van der Waals surface area contributed by atoms with E-state index in [4.69, 9.17) is 9.05 Å². The Labute approximate surface area is 466 Å². The lowest BCUT2D eigenvalue weighted by molar-refractivity contribution is -0.870. The highest BCUT2D eigenvalue weighted by Gasteiger charge is 2.28. The van der Waals surface area contributed by atoms with E-state index in [9.17, 15) is 19.4 Å². The molecule has 0 fully saturated rings. The molecule has 0 aromatic carbocycles. The van der Waals surface area contributed by atoms with Crippen molar-refractivity contribution < 1.29 is 32.9 Å². The Hall–Kier alpha value is -1.80. The van der Waals surface area contributed by atoms with Crippen LogP contribution in [0.4, 0.5) is 0 Å². The number of aliphatic hydroxyl groups is 1. The summed E-state index contributed by atoms with van der Waals surface area (Å²) in [6.45, 7) is 4.74. The summed E-state index contributed by atoms with van der Waals surface area (Å²) in [5, 5.41) is 14.0. The van der Waals surface area contributed by atoms with Crippen LogP contribution in [0.15, 0.2) is 60.8 Å². The molecule has 0 aromatic heterocycles. The monoisotopic (exact) mass is 1070 g/mol. The van der Waals surface area contributed by atoms with E-state index in [0.29, 0.717) is 17.4 Å². The SMILES string of the molecule is CC/C=C\C/C=C\C/C=C\C/C=C\CCCCCCCCCCCCCCCCCCCCC(=O)NC(COP(=O)(O)OCC[N+](C)(C)C)C(O)/C=C/CCCCCCCCCCCCCCCCCCCCCC. The second-order valence-electron chi connectivity index (χ2n) is 23.1. The molecule has 440 valence electrons. The first-order chi connectivity index (χ1) is 36.5. The zero-order valence-corrected chi connectivity index (χ0v) is 51.2. The van der Waals surface area contributed by atoms with Gasteiger partial charge in [0.15, 0.2) is 0 Å². The van der Waals surface area contributed by atoms with Gasteiger partial charge in [-0.2, -0.15) is 0 Å². The molecular weight excluding hydrogens is 948 g/mol. The highest BCUT2D eigenvalue weighted by molar-refractivity contribution is 7.47. The van der Waals surface area contributed by atoms with Crippen molar-refractivity contribution in [1.82, 2.24) is 5.32 Å². The van der Waals surface area contributed by atoms with Gasteiger partial charge in [0.2, 0.25) is 5.91 Å². The number of nitrogens with one attached hydrogen (secondary N) is 1. The third-order valence-corrected chi connectivity index (χ3v) is 15.5. The van der Waals surface area contributed by atoms with Gasteiger partial charge < -0.3 is 19.8 Å². The first-order valence-electron chi connectivity index (χ1n) is 32.2. The molecule has 3 unspecified atom stereocenters. The van der Waals surface area contributed by atoms with E-state index in [-0.39, 0.29) is 19.1 Å². The van der Waals surface area contributed by atoms with Crippen LogP contribution in [0.2, 0.25) is 0 Å². The van der Waals surface area contributed by atoms with Crippen molar-refractivity contribution >= 4 is 13.7 Å². The summed E-state index contributed by atoms with van der Waals surface area (Å²) < 4.78 is 23.8. The number of allylic oxidation sites excluding steroid dienone is 9. The summed E-state index contributed by atoms with van der Waals surface area (Å²) in [5.74, 6) is -0.173. The number of hydrogen-bond acceptors (Lipinski definition) is 5. The van der Waals surface area contributed by atoms with Crippen LogP contribution in [0.25, 0.3) is 0 Å². The molecular formula is C66H126N2O6P+. The van der Waals surface area contributed by atoms with Crippen molar-refractivity contribution in [2.24, 2.45) is 0 Å². The number of likely N-dealkylation sites (N-methyl/N-ethyl adjacent to an activating group) is 1. The number of phosphoric acid groups is 1. The summed E-state index contributed by atoms with van der Waals surface area (Å²) in [6.07, 6.45) is 77.7. The van der Waals surface area contributed by atoms with Gasteiger partial charge >= 0.3 is 7.82 Å². The zero-order valence-electron chi connectivity index (χ0n) is 50.3. The lowest BCUT2D eigenvalue weighted by atomic mass is 10.0. The van der Waals surface area contributed by atoms with Crippen LogP contribution >= 0.6 is 7.82 Å². The van der Waals surface area contributed by atoms with Gasteiger partial charge in [-0.05, 0) is 57.8 Å². The average molecular weight is 1070 g/mol. The van der Waals surface area contributed by atoms with Gasteiger partial charge in [-0.15, -0.1) is 0 Å². The Morgan fingerprint density at radius 3 is 1.17 bits per heavy atom. The summed E-state index contributed by atoms with van der Waals surface area (Å²) in [7, 11) is 1.58. The Morgan fingerprint density at radius 2 is 0.800 bits per heavy atom. The second-order valence-corrected chi connectivity index (χ2v) is 24.6. The first kappa shape index (κ1) is 73.2. The normalized spacial score (nSPS) is 14.2. The van der Waals surface area contributed by atoms with Crippen molar-refractivity contribution in [3.63, 3.8) is 0 Å². The molecule has 9 heteroatoms. The van der Waals surface area contributed by atoms with Gasteiger partial charge in [0.1, 0.15) is 13.2 Å². The minimum Gasteiger partial charge on any atom is -0.387 e. The number of quaternary nitrogens is 1. The predicted molar refractivity (Wildman–Crippen MR) is 327 cm³/mol. The number of unbranched alkanes of at least 4 members (excludes halogenated alkanes) is 38. The number of rotatable bonds is 59. The van der Waals surface area contributed by atoms with Gasteiger partial charge in [-0.25, -0.2) is 4.57 Å². The maximum Gasteiger partial charge on any atom is 0.472 e. The van der Waals surface area contributed by atoms with E-state index in [1.807, 2.05) is 27.2 Å². The van der Waals surface area contributed by atoms with Gasteiger partial charge in [-0.1, -0.05) is 299 Å². The third kappa shape index (κ3) is 59.7. The molecule has 0 aliphatic rings. The van der Waals surface area contributed by atoms with Gasteiger partial charge in [0, 0.05) is 6.42 Å². The third-order valence-electron chi connectivity index (χ3n) is 14.5. The minimum atomic E-state index is -4.35. The fraction of sp³-hybridized carbons (Fsp3) is 0.833. The second kappa shape index (κ2) is 56.9. The molecule has 3 N–H and O–H groups in total. The summed E-state index contributed by atoms with van der Waals surface area (Å²) in [5.41, 5.74) is 0. The fourth-order valence-electron chi connectivity index (χ4n) is 9.51. The molecule has 0 aliphatic heterocycles. The average Bonchev–Trinajstić information content (AvgIpc) is 3.37. The number of hydrogen-bond donors (Lipinski definition) is 3. The number of carbonyl (C=O) groups excluding carboxylic acids is 1. The van der Waals surface area contributed by atoms with E-state index in [1.165, 1.54) is 218 Å². The molecule has 0 rings (SSSR count). The highest BCUT2D eigenvalue weighted by Crippen LogP contribution is 2.43. The number of phosphoric ester groups is 1. The molecule has 75 heavy (non-hydrogen) atoms. The van der Waals surface area contributed by atoms with Crippen LogP contribution in [0.3, 0.4) is 0 Å². The lowest BCUT2D eigenvalue weighted by Crippen LogP contribution is -2.45. The van der Waals surface area contributed by atoms with Crippen LogP contribution in [-0.4, -0.2) is 73.4 Å². The van der Waals surface area contributed by atoms with E-state index in [0.717, 1.165) is 64.2 Å². The number of carbonyl (C=O) groups is 1. The van der Waals surface area contributed by atoms with Crippen molar-refractivity contribution in [3.8, 4) is 0 Å². The molecule has 0 aromatic rings. The maximum atomic E-state index is 13.0. The Kier molecular flexibility index (Phi) is 55.5. The lowest BCUT2D eigenvalue weighted by Gasteiger charge is -2.25. The number of amides is 1. The Morgan fingerprint density at radius 1 is 0.467 bits per heavy atom. The molecule has 0 saturated carbocycles. The van der Waals surface area contributed by atoms with E-state index in [2.05, 4.69) is 67.8 Å². The summed E-state index contributed by atoms with van der Waals surface area (Å²) in [4.78, 5) is 23.4. The molecule has 3 atom stereocenters. The topological polar surface area (TPSA) is 105 Å².